The van der Waals surface area contributed by atoms with Gasteiger partial charge in [0.25, 0.3) is 0 Å². The van der Waals surface area contributed by atoms with Crippen LogP contribution in [0.3, 0.4) is 0 Å². The highest BCUT2D eigenvalue weighted by atomic mass is 32.3. The minimum atomic E-state index is -5.09. The summed E-state index contributed by atoms with van der Waals surface area (Å²) in [6.07, 6.45) is 54.2. The Kier molecular flexibility index (Phi) is 49.1. The second-order valence-corrected chi connectivity index (χ2v) is 23.4. The molecule has 0 saturated carbocycles. The number of amides is 1. The number of hydrogen-bond acceptors (Lipinski definition) is 10. The van der Waals surface area contributed by atoms with Crippen molar-refractivity contribution in [3.8, 4) is 0 Å². The van der Waals surface area contributed by atoms with Gasteiger partial charge in [0.1, 0.15) is 24.4 Å². The predicted molar refractivity (Wildman–Crippen MR) is 306 cm³/mol. The molecule has 0 aromatic heterocycles. The molecule has 6 N–H and O–H groups in total. The Morgan fingerprint density at radius 2 is 0.851 bits per heavy atom. The second kappa shape index (κ2) is 51.3. The minimum absolute atomic E-state index is 0.254. The van der Waals surface area contributed by atoms with E-state index in [2.05, 4.69) is 23.3 Å². The molecule has 12 nitrogen and oxygen atoms in total. The SMILES string of the molecule is CCCCCCCCCCCCCCCCCC/C=C/C(O)C(COC1OC(CO)C(O)C(OS(=O)(=O)O)C1O)NC(=O)CCCCCCCCCCCCCCCCCCCCCCCCCCCCCCC. The van der Waals surface area contributed by atoms with Gasteiger partial charge in [-0.05, 0) is 19.3 Å². The zero-order valence-electron chi connectivity index (χ0n) is 47.9. The largest absolute Gasteiger partial charge is 0.397 e. The van der Waals surface area contributed by atoms with Gasteiger partial charge in [-0.15, -0.1) is 0 Å². The zero-order valence-corrected chi connectivity index (χ0v) is 48.8. The van der Waals surface area contributed by atoms with Crippen LogP contribution in [0.25, 0.3) is 0 Å². The van der Waals surface area contributed by atoms with Crippen LogP contribution in [-0.4, -0.2) is 95.4 Å². The number of aliphatic hydroxyl groups is 4. The molecule has 7 atom stereocenters. The van der Waals surface area contributed by atoms with Crippen molar-refractivity contribution < 1.29 is 51.8 Å². The average Bonchev–Trinajstić information content (AvgIpc) is 3.38. The van der Waals surface area contributed by atoms with Crippen molar-refractivity contribution >= 4 is 16.3 Å². The lowest BCUT2D eigenvalue weighted by Gasteiger charge is -2.41. The van der Waals surface area contributed by atoms with Crippen molar-refractivity contribution in [2.45, 2.75) is 358 Å². The van der Waals surface area contributed by atoms with Crippen LogP contribution in [0, 0.1) is 0 Å². The fourth-order valence-electron chi connectivity index (χ4n) is 10.5. The fraction of sp³-hybridized carbons (Fsp3) is 0.951. The maximum atomic E-state index is 13.2. The van der Waals surface area contributed by atoms with Gasteiger partial charge in [0.2, 0.25) is 5.91 Å². The first-order valence-electron chi connectivity index (χ1n) is 31.6. The second-order valence-electron chi connectivity index (χ2n) is 22.4. The van der Waals surface area contributed by atoms with Gasteiger partial charge in [-0.3, -0.25) is 9.35 Å². The summed E-state index contributed by atoms with van der Waals surface area (Å²) in [5.74, 6) is -0.254. The first-order valence-corrected chi connectivity index (χ1v) is 32.9. The van der Waals surface area contributed by atoms with E-state index in [4.69, 9.17) is 9.47 Å². The molecule has 1 aliphatic heterocycles. The van der Waals surface area contributed by atoms with Gasteiger partial charge in [-0.1, -0.05) is 302 Å². The Balaban J connectivity index is 2.27. The van der Waals surface area contributed by atoms with Crippen LogP contribution >= 0.6 is 0 Å². The number of nitrogens with one attached hydrogen (secondary N) is 1. The van der Waals surface area contributed by atoms with Crippen LogP contribution in [0.15, 0.2) is 12.2 Å². The molecule has 440 valence electrons. The Bertz CT molecular complexity index is 1350. The van der Waals surface area contributed by atoms with E-state index < -0.39 is 59.9 Å². The van der Waals surface area contributed by atoms with E-state index in [1.807, 2.05) is 6.08 Å². The third-order valence-electron chi connectivity index (χ3n) is 15.3. The Hall–Kier alpha value is -1.16. The van der Waals surface area contributed by atoms with E-state index in [0.717, 1.165) is 38.5 Å². The van der Waals surface area contributed by atoms with Crippen LogP contribution < -0.4 is 5.32 Å². The lowest BCUT2D eigenvalue weighted by Crippen LogP contribution is -2.61. The summed E-state index contributed by atoms with van der Waals surface area (Å²) < 4.78 is 47.9. The number of carbonyl (C=O) groups excluding carboxylic acids is 1. The molecule has 74 heavy (non-hydrogen) atoms. The Labute approximate surface area is 455 Å². The van der Waals surface area contributed by atoms with Gasteiger partial charge in [-0.25, -0.2) is 4.18 Å². The molecule has 7 unspecified atom stereocenters. The van der Waals surface area contributed by atoms with Crippen LogP contribution in [0.4, 0.5) is 0 Å². The zero-order chi connectivity index (χ0) is 54.0. The smallest absolute Gasteiger partial charge is 0.394 e. The number of carbonyl (C=O) groups is 1. The van der Waals surface area contributed by atoms with Crippen molar-refractivity contribution in [3.63, 3.8) is 0 Å². The molecule has 1 amide bonds. The highest BCUT2D eigenvalue weighted by Gasteiger charge is 2.48. The lowest BCUT2D eigenvalue weighted by atomic mass is 9.99. The summed E-state index contributed by atoms with van der Waals surface area (Å²) in [5.41, 5.74) is 0. The normalized spacial score (nSPS) is 19.1. The summed E-state index contributed by atoms with van der Waals surface area (Å²) in [6, 6.07) is -0.940. The summed E-state index contributed by atoms with van der Waals surface area (Å²) in [4.78, 5) is 13.2. The van der Waals surface area contributed by atoms with Crippen LogP contribution in [-0.2, 0) is 28.9 Å². The minimum Gasteiger partial charge on any atom is -0.394 e. The van der Waals surface area contributed by atoms with E-state index in [0.29, 0.717) is 6.42 Å². The fourth-order valence-corrected chi connectivity index (χ4v) is 11.0. The summed E-state index contributed by atoms with van der Waals surface area (Å²) in [5, 5.41) is 45.0. The summed E-state index contributed by atoms with van der Waals surface area (Å²) >= 11 is 0. The quantitative estimate of drug-likeness (QED) is 0.0193. The molecule has 0 spiro atoms. The van der Waals surface area contributed by atoms with Crippen molar-refractivity contribution in [1.82, 2.24) is 5.32 Å². The predicted octanol–water partition coefficient (Wildman–Crippen LogP) is 15.4. The van der Waals surface area contributed by atoms with E-state index in [1.165, 1.54) is 250 Å². The van der Waals surface area contributed by atoms with Crippen molar-refractivity contribution in [2.24, 2.45) is 0 Å². The van der Waals surface area contributed by atoms with Gasteiger partial charge >= 0.3 is 10.4 Å². The number of rotatable bonds is 56. The maximum absolute atomic E-state index is 13.2. The monoisotopic (exact) mass is 1070 g/mol. The first kappa shape index (κ1) is 70.9. The molecular weight excluding hydrogens is 955 g/mol. The molecule has 1 fully saturated rings. The first-order chi connectivity index (χ1) is 36.0. The van der Waals surface area contributed by atoms with Crippen LogP contribution in [0.1, 0.15) is 316 Å². The van der Waals surface area contributed by atoms with Crippen LogP contribution in [0.2, 0.25) is 0 Å². The molecule has 0 radical (unpaired) electrons. The van der Waals surface area contributed by atoms with Gasteiger partial charge < -0.3 is 35.2 Å². The molecule has 13 heteroatoms. The highest BCUT2D eigenvalue weighted by Crippen LogP contribution is 2.26. The van der Waals surface area contributed by atoms with Gasteiger partial charge in [-0.2, -0.15) is 8.42 Å². The Morgan fingerprint density at radius 1 is 0.527 bits per heavy atom. The van der Waals surface area contributed by atoms with Gasteiger partial charge in [0, 0.05) is 6.42 Å². The van der Waals surface area contributed by atoms with Crippen LogP contribution in [0.5, 0.6) is 0 Å². The number of allylic oxidation sites excluding steroid dienone is 1. The molecule has 0 aromatic rings. The molecule has 1 aliphatic rings. The highest BCUT2D eigenvalue weighted by molar-refractivity contribution is 7.80. The van der Waals surface area contributed by atoms with Crippen molar-refractivity contribution in [2.75, 3.05) is 13.2 Å². The number of hydrogen-bond donors (Lipinski definition) is 6. The standard InChI is InChI=1S/C61H119NO11S/c1-3-5-7-9-11-13-15-17-19-21-23-24-25-26-27-28-29-30-31-32-33-35-37-39-41-43-45-47-49-51-57(65)62-54(53-71-61-59(67)60(73-74(68,69)70)58(66)56(52-63)72-61)55(64)50-48-46-44-42-40-38-36-34-22-20-18-16-14-12-10-8-6-4-2/h48,50,54-56,58-61,63-64,66-67H,3-47,49,51-53H2,1-2H3,(H,62,65)(H,68,69,70)/b50-48+. The number of ether oxygens (including phenoxy) is 2. The van der Waals surface area contributed by atoms with Gasteiger partial charge in [0.05, 0.1) is 25.4 Å². The number of unbranched alkanes of at least 4 members (excludes halogenated alkanes) is 44. The van der Waals surface area contributed by atoms with E-state index >= 15 is 0 Å². The third-order valence-corrected chi connectivity index (χ3v) is 15.8. The molecular formula is C61H119NO11S. The van der Waals surface area contributed by atoms with Gasteiger partial charge in [0.15, 0.2) is 6.29 Å². The molecule has 0 aliphatic carbocycles. The third kappa shape index (κ3) is 42.8. The molecule has 1 saturated heterocycles. The molecule has 0 aromatic carbocycles. The summed E-state index contributed by atoms with van der Waals surface area (Å²) in [7, 11) is -5.09. The maximum Gasteiger partial charge on any atom is 0.397 e. The van der Waals surface area contributed by atoms with E-state index in [9.17, 15) is 38.2 Å². The van der Waals surface area contributed by atoms with E-state index in [1.54, 1.807) is 6.08 Å². The van der Waals surface area contributed by atoms with E-state index in [-0.39, 0.29) is 18.9 Å². The lowest BCUT2D eigenvalue weighted by molar-refractivity contribution is -0.298. The number of aliphatic hydroxyl groups excluding tert-OH is 4. The molecule has 1 rings (SSSR count). The summed E-state index contributed by atoms with van der Waals surface area (Å²) in [6.45, 7) is 3.45. The molecule has 1 heterocycles. The Morgan fingerprint density at radius 3 is 1.18 bits per heavy atom. The van der Waals surface area contributed by atoms with Crippen molar-refractivity contribution in [3.05, 3.63) is 12.2 Å². The van der Waals surface area contributed by atoms with Crippen molar-refractivity contribution in [1.29, 1.82) is 0 Å². The molecule has 0 bridgehead atoms. The average molecular weight is 1070 g/mol. The topological polar surface area (TPSA) is 192 Å².